The molecule has 2 aromatic carbocycles. The van der Waals surface area contributed by atoms with Gasteiger partial charge in [0.25, 0.3) is 0 Å². The molecule has 0 spiro atoms. The van der Waals surface area contributed by atoms with Crippen LogP contribution in [0.1, 0.15) is 18.1 Å². The molecule has 0 aromatic heterocycles. The van der Waals surface area contributed by atoms with E-state index in [1.165, 1.54) is 6.92 Å². The number of ether oxygens (including phenoxy) is 1. The van der Waals surface area contributed by atoms with Crippen LogP contribution in [0.3, 0.4) is 0 Å². The van der Waals surface area contributed by atoms with Crippen molar-refractivity contribution in [3.8, 4) is 17.6 Å². The summed E-state index contributed by atoms with van der Waals surface area (Å²) in [5.74, 6) is 6.44. The first kappa shape index (κ1) is 18.1. The summed E-state index contributed by atoms with van der Waals surface area (Å²) in [5.41, 5.74) is 2.46. The quantitative estimate of drug-likeness (QED) is 0.824. The van der Waals surface area contributed by atoms with E-state index in [4.69, 9.17) is 4.74 Å². The summed E-state index contributed by atoms with van der Waals surface area (Å²) < 4.78 is 5.08. The molecule has 2 aromatic rings. The number of rotatable bonds is 5. The van der Waals surface area contributed by atoms with Crippen LogP contribution in [0.5, 0.6) is 5.75 Å². The Kier molecular flexibility index (Phi) is 6.61. The molecule has 2 N–H and O–H groups in total. The molecule has 25 heavy (non-hydrogen) atoms. The second-order valence-corrected chi connectivity index (χ2v) is 5.36. The Morgan fingerprint density at radius 2 is 1.72 bits per heavy atom. The number of anilines is 1. The van der Waals surface area contributed by atoms with E-state index in [0.717, 1.165) is 22.6 Å². The van der Waals surface area contributed by atoms with Crippen molar-refractivity contribution in [2.24, 2.45) is 0 Å². The third kappa shape index (κ3) is 6.40. The van der Waals surface area contributed by atoms with Crippen LogP contribution < -0.4 is 15.4 Å². The molecule has 0 fully saturated rings. The minimum atomic E-state index is -0.113. The third-order valence-electron chi connectivity index (χ3n) is 3.34. The van der Waals surface area contributed by atoms with Gasteiger partial charge in [0, 0.05) is 18.2 Å². The Labute approximate surface area is 147 Å². The van der Waals surface area contributed by atoms with Crippen molar-refractivity contribution in [1.82, 2.24) is 5.32 Å². The highest BCUT2D eigenvalue weighted by atomic mass is 16.5. The van der Waals surface area contributed by atoms with Gasteiger partial charge in [0.05, 0.1) is 20.1 Å². The average molecular weight is 336 g/mol. The Balaban J connectivity index is 1.79. The summed E-state index contributed by atoms with van der Waals surface area (Å²) >= 11 is 0. The van der Waals surface area contributed by atoms with Crippen molar-refractivity contribution in [3.05, 3.63) is 59.7 Å². The lowest BCUT2D eigenvalue weighted by Crippen LogP contribution is -2.25. The monoisotopic (exact) mass is 336 g/mol. The molecule has 0 saturated carbocycles. The predicted octanol–water partition coefficient (Wildman–Crippen LogP) is 2.36. The summed E-state index contributed by atoms with van der Waals surface area (Å²) in [5, 5.41) is 5.46. The van der Waals surface area contributed by atoms with Gasteiger partial charge in [0.2, 0.25) is 11.8 Å². The average Bonchev–Trinajstić information content (AvgIpc) is 2.60. The van der Waals surface area contributed by atoms with E-state index < -0.39 is 0 Å². The first-order valence-electron chi connectivity index (χ1n) is 7.83. The Hall–Kier alpha value is -3.26. The van der Waals surface area contributed by atoms with Crippen LogP contribution in [0.25, 0.3) is 0 Å². The Bertz CT molecular complexity index is 784. The molecule has 0 aliphatic rings. The number of benzene rings is 2. The van der Waals surface area contributed by atoms with E-state index in [-0.39, 0.29) is 18.4 Å². The van der Waals surface area contributed by atoms with Gasteiger partial charge in [-0.3, -0.25) is 9.59 Å². The number of carbonyl (C=O) groups is 2. The molecule has 0 bridgehead atoms. The van der Waals surface area contributed by atoms with Crippen molar-refractivity contribution >= 4 is 17.5 Å². The van der Waals surface area contributed by atoms with Crippen LogP contribution in [-0.2, 0) is 16.0 Å². The molecule has 0 atom stereocenters. The molecule has 0 radical (unpaired) electrons. The second-order valence-electron chi connectivity index (χ2n) is 5.36. The Morgan fingerprint density at radius 1 is 1.04 bits per heavy atom. The maximum absolute atomic E-state index is 11.9. The van der Waals surface area contributed by atoms with Crippen molar-refractivity contribution in [2.75, 3.05) is 19.0 Å². The molecule has 5 heteroatoms. The molecule has 128 valence electrons. The van der Waals surface area contributed by atoms with E-state index in [2.05, 4.69) is 22.5 Å². The number of hydrogen-bond acceptors (Lipinski definition) is 3. The topological polar surface area (TPSA) is 67.4 Å². The standard InChI is InChI=1S/C20H20N2O3/c1-15(23)22-18-9-5-16(6-10-18)4-3-13-21-20(24)14-17-7-11-19(25-2)12-8-17/h5-12H,13-14H2,1-2H3,(H,21,24)(H,22,23). The van der Waals surface area contributed by atoms with Crippen molar-refractivity contribution < 1.29 is 14.3 Å². The van der Waals surface area contributed by atoms with Gasteiger partial charge < -0.3 is 15.4 Å². The van der Waals surface area contributed by atoms with E-state index in [0.29, 0.717) is 6.42 Å². The maximum atomic E-state index is 11.9. The van der Waals surface area contributed by atoms with Crippen molar-refractivity contribution in [3.63, 3.8) is 0 Å². The molecule has 0 heterocycles. The first-order chi connectivity index (χ1) is 12.1. The summed E-state index contributed by atoms with van der Waals surface area (Å²) in [7, 11) is 1.60. The Morgan fingerprint density at radius 3 is 2.32 bits per heavy atom. The van der Waals surface area contributed by atoms with Gasteiger partial charge in [-0.25, -0.2) is 0 Å². The molecule has 0 aliphatic carbocycles. The van der Waals surface area contributed by atoms with Crippen LogP contribution in [0.4, 0.5) is 5.69 Å². The lowest BCUT2D eigenvalue weighted by atomic mass is 10.1. The fourth-order valence-electron chi connectivity index (χ4n) is 2.12. The third-order valence-corrected chi connectivity index (χ3v) is 3.34. The molecule has 0 aliphatic heterocycles. The zero-order valence-corrected chi connectivity index (χ0v) is 14.3. The molecular formula is C20H20N2O3. The van der Waals surface area contributed by atoms with E-state index >= 15 is 0 Å². The highest BCUT2D eigenvalue weighted by Crippen LogP contribution is 2.11. The van der Waals surface area contributed by atoms with Gasteiger partial charge in [-0.05, 0) is 42.0 Å². The smallest absolute Gasteiger partial charge is 0.225 e. The van der Waals surface area contributed by atoms with Crippen LogP contribution >= 0.6 is 0 Å². The van der Waals surface area contributed by atoms with Gasteiger partial charge in [-0.2, -0.15) is 0 Å². The number of nitrogens with one attached hydrogen (secondary N) is 2. The molecular weight excluding hydrogens is 316 g/mol. The normalized spacial score (nSPS) is 9.52. The highest BCUT2D eigenvalue weighted by molar-refractivity contribution is 5.88. The van der Waals surface area contributed by atoms with E-state index in [1.807, 2.05) is 36.4 Å². The summed E-state index contributed by atoms with van der Waals surface area (Å²) in [6.07, 6.45) is 0.303. The van der Waals surface area contributed by atoms with Crippen molar-refractivity contribution in [2.45, 2.75) is 13.3 Å². The van der Waals surface area contributed by atoms with Gasteiger partial charge in [0.15, 0.2) is 0 Å². The van der Waals surface area contributed by atoms with Gasteiger partial charge in [0.1, 0.15) is 5.75 Å². The van der Waals surface area contributed by atoms with Crippen LogP contribution in [-0.4, -0.2) is 25.5 Å². The second kappa shape index (κ2) is 9.14. The molecule has 0 unspecified atom stereocenters. The summed E-state index contributed by atoms with van der Waals surface area (Å²) in [6.45, 7) is 1.74. The lowest BCUT2D eigenvalue weighted by molar-refractivity contribution is -0.120. The molecule has 2 rings (SSSR count). The van der Waals surface area contributed by atoms with E-state index in [9.17, 15) is 9.59 Å². The van der Waals surface area contributed by atoms with Crippen LogP contribution in [0, 0.1) is 11.8 Å². The fraction of sp³-hybridized carbons (Fsp3) is 0.200. The summed E-state index contributed by atoms with van der Waals surface area (Å²) in [6, 6.07) is 14.6. The molecule has 5 nitrogen and oxygen atoms in total. The van der Waals surface area contributed by atoms with Crippen LogP contribution in [0.15, 0.2) is 48.5 Å². The number of carbonyl (C=O) groups excluding carboxylic acids is 2. The van der Waals surface area contributed by atoms with Crippen molar-refractivity contribution in [1.29, 1.82) is 0 Å². The summed E-state index contributed by atoms with van der Waals surface area (Å²) in [4.78, 5) is 22.8. The SMILES string of the molecule is COc1ccc(CC(=O)NCC#Cc2ccc(NC(C)=O)cc2)cc1. The number of methoxy groups -OCH3 is 1. The van der Waals surface area contributed by atoms with Crippen LogP contribution in [0.2, 0.25) is 0 Å². The molecule has 2 amide bonds. The van der Waals surface area contributed by atoms with Gasteiger partial charge >= 0.3 is 0 Å². The zero-order chi connectivity index (χ0) is 18.1. The number of hydrogen-bond donors (Lipinski definition) is 2. The predicted molar refractivity (Wildman–Crippen MR) is 97.3 cm³/mol. The largest absolute Gasteiger partial charge is 0.497 e. The lowest BCUT2D eigenvalue weighted by Gasteiger charge is -2.03. The van der Waals surface area contributed by atoms with Gasteiger partial charge in [-0.1, -0.05) is 24.0 Å². The zero-order valence-electron chi connectivity index (χ0n) is 14.3. The van der Waals surface area contributed by atoms with E-state index in [1.54, 1.807) is 19.2 Å². The minimum Gasteiger partial charge on any atom is -0.497 e. The van der Waals surface area contributed by atoms with Gasteiger partial charge in [-0.15, -0.1) is 0 Å². The highest BCUT2D eigenvalue weighted by Gasteiger charge is 2.02. The minimum absolute atomic E-state index is 0.0829. The fourth-order valence-corrected chi connectivity index (χ4v) is 2.12. The molecule has 0 saturated heterocycles. The first-order valence-corrected chi connectivity index (χ1v) is 7.83. The maximum Gasteiger partial charge on any atom is 0.225 e. The number of amides is 2.